The zero-order chi connectivity index (χ0) is 7.84. The number of nitrogens with one attached hydrogen (secondary N) is 2. The molecule has 2 aromatic heterocycles. The van der Waals surface area contributed by atoms with Gasteiger partial charge in [0.1, 0.15) is 5.52 Å². The SMILES string of the molecule is Cc1n[nH]c(=O)c2n[nH]nc12. The van der Waals surface area contributed by atoms with Crippen LogP contribution in [0.2, 0.25) is 0 Å². The second kappa shape index (κ2) is 1.88. The van der Waals surface area contributed by atoms with E-state index >= 15 is 0 Å². The maximum absolute atomic E-state index is 11.0. The van der Waals surface area contributed by atoms with Crippen molar-refractivity contribution in [3.63, 3.8) is 0 Å². The lowest BCUT2D eigenvalue weighted by atomic mass is 10.4. The lowest BCUT2D eigenvalue weighted by Gasteiger charge is -1.87. The Hall–Kier alpha value is -1.72. The van der Waals surface area contributed by atoms with Gasteiger partial charge in [-0.1, -0.05) is 0 Å². The molecule has 0 spiro atoms. The Balaban J connectivity index is 3.08. The fourth-order valence-corrected chi connectivity index (χ4v) is 0.882. The molecule has 0 saturated carbocycles. The van der Waals surface area contributed by atoms with Gasteiger partial charge in [-0.2, -0.15) is 20.5 Å². The molecular formula is C5H5N5O. The van der Waals surface area contributed by atoms with Crippen LogP contribution in [0.4, 0.5) is 0 Å². The van der Waals surface area contributed by atoms with Gasteiger partial charge in [-0.05, 0) is 6.92 Å². The fourth-order valence-electron chi connectivity index (χ4n) is 0.882. The van der Waals surface area contributed by atoms with Crippen molar-refractivity contribution in [3.8, 4) is 0 Å². The van der Waals surface area contributed by atoms with E-state index in [2.05, 4.69) is 25.6 Å². The first-order valence-corrected chi connectivity index (χ1v) is 3.05. The molecule has 0 radical (unpaired) electrons. The summed E-state index contributed by atoms with van der Waals surface area (Å²) in [6, 6.07) is 0. The number of hydrogen-bond acceptors (Lipinski definition) is 4. The smallest absolute Gasteiger partial charge is 0.265 e. The summed E-state index contributed by atoms with van der Waals surface area (Å²) < 4.78 is 0. The van der Waals surface area contributed by atoms with Crippen LogP contribution in [0.5, 0.6) is 0 Å². The van der Waals surface area contributed by atoms with Gasteiger partial charge in [-0.25, -0.2) is 5.10 Å². The van der Waals surface area contributed by atoms with E-state index in [4.69, 9.17) is 0 Å². The van der Waals surface area contributed by atoms with Crippen LogP contribution in [-0.2, 0) is 0 Å². The van der Waals surface area contributed by atoms with E-state index in [9.17, 15) is 4.79 Å². The highest BCUT2D eigenvalue weighted by molar-refractivity contribution is 5.73. The number of fused-ring (bicyclic) bond motifs is 1. The Morgan fingerprint density at radius 1 is 1.18 bits per heavy atom. The average Bonchev–Trinajstić information content (AvgIpc) is 2.45. The van der Waals surface area contributed by atoms with Crippen molar-refractivity contribution in [1.82, 2.24) is 25.6 Å². The number of rotatable bonds is 0. The monoisotopic (exact) mass is 151 g/mol. The molecule has 0 aromatic carbocycles. The maximum atomic E-state index is 11.0. The largest absolute Gasteiger partial charge is 0.294 e. The molecule has 2 rings (SSSR count). The number of nitrogens with zero attached hydrogens (tertiary/aromatic N) is 3. The maximum Gasteiger partial charge on any atom is 0.294 e. The second-order valence-electron chi connectivity index (χ2n) is 2.16. The zero-order valence-electron chi connectivity index (χ0n) is 5.75. The minimum absolute atomic E-state index is 0.303. The molecule has 2 N–H and O–H groups in total. The lowest BCUT2D eigenvalue weighted by Crippen LogP contribution is -2.09. The quantitative estimate of drug-likeness (QED) is 0.523. The molecule has 0 aliphatic rings. The van der Waals surface area contributed by atoms with E-state index in [0.29, 0.717) is 16.7 Å². The van der Waals surface area contributed by atoms with Crippen molar-refractivity contribution in [2.75, 3.05) is 0 Å². The van der Waals surface area contributed by atoms with Gasteiger partial charge in [0, 0.05) is 0 Å². The minimum atomic E-state index is -0.320. The van der Waals surface area contributed by atoms with E-state index < -0.39 is 0 Å². The van der Waals surface area contributed by atoms with E-state index in [1.807, 2.05) is 0 Å². The van der Waals surface area contributed by atoms with Gasteiger partial charge in [0.05, 0.1) is 5.69 Å². The summed E-state index contributed by atoms with van der Waals surface area (Å²) in [4.78, 5) is 11.0. The van der Waals surface area contributed by atoms with E-state index in [-0.39, 0.29) is 5.56 Å². The first-order valence-electron chi connectivity index (χ1n) is 3.05. The Bertz CT molecular complexity index is 441. The van der Waals surface area contributed by atoms with E-state index in [1.54, 1.807) is 6.92 Å². The minimum Gasteiger partial charge on any atom is -0.265 e. The first kappa shape index (κ1) is 6.02. The van der Waals surface area contributed by atoms with Crippen LogP contribution in [0, 0.1) is 6.92 Å². The molecule has 56 valence electrons. The van der Waals surface area contributed by atoms with Crippen LogP contribution < -0.4 is 5.56 Å². The molecule has 0 aliphatic carbocycles. The average molecular weight is 151 g/mol. The van der Waals surface area contributed by atoms with Gasteiger partial charge < -0.3 is 0 Å². The topological polar surface area (TPSA) is 87.3 Å². The number of H-pyrrole nitrogens is 2. The van der Waals surface area contributed by atoms with Crippen LogP contribution in [0.1, 0.15) is 5.69 Å². The third-order valence-electron chi connectivity index (χ3n) is 1.43. The molecule has 6 heteroatoms. The number of aromatic amines is 2. The summed E-state index contributed by atoms with van der Waals surface area (Å²) in [7, 11) is 0. The third kappa shape index (κ3) is 0.721. The van der Waals surface area contributed by atoms with Crippen LogP contribution >= 0.6 is 0 Å². The van der Waals surface area contributed by atoms with Gasteiger partial charge >= 0.3 is 0 Å². The van der Waals surface area contributed by atoms with Gasteiger partial charge in [0.2, 0.25) is 0 Å². The molecule has 6 nitrogen and oxygen atoms in total. The van der Waals surface area contributed by atoms with Crippen molar-refractivity contribution >= 4 is 11.0 Å². The van der Waals surface area contributed by atoms with Crippen LogP contribution in [0.15, 0.2) is 4.79 Å². The highest BCUT2D eigenvalue weighted by Gasteiger charge is 2.05. The predicted octanol–water partition coefficient (Wildman–Crippen LogP) is -0.650. The summed E-state index contributed by atoms with van der Waals surface area (Å²) in [6.07, 6.45) is 0. The molecule has 0 unspecified atom stereocenters. The standard InChI is InChI=1S/C5H5N5O/c1-2-3-4(8-10-7-3)5(11)9-6-2/h1H3,(H,9,11)(H,7,8,10). The molecule has 0 bridgehead atoms. The van der Waals surface area contributed by atoms with Gasteiger partial charge in [-0.15, -0.1) is 0 Å². The highest BCUT2D eigenvalue weighted by Crippen LogP contribution is 2.02. The van der Waals surface area contributed by atoms with Gasteiger partial charge in [-0.3, -0.25) is 4.79 Å². The number of hydrogen-bond donors (Lipinski definition) is 2. The predicted molar refractivity (Wildman–Crippen MR) is 37.0 cm³/mol. The molecule has 2 aromatic rings. The van der Waals surface area contributed by atoms with Crippen molar-refractivity contribution in [3.05, 3.63) is 16.0 Å². The molecule has 11 heavy (non-hydrogen) atoms. The molecule has 0 amide bonds. The number of aromatic nitrogens is 5. The summed E-state index contributed by atoms with van der Waals surface area (Å²) >= 11 is 0. The lowest BCUT2D eigenvalue weighted by molar-refractivity contribution is 0.956. The van der Waals surface area contributed by atoms with E-state index in [1.165, 1.54) is 0 Å². The Labute approximate surface area is 60.6 Å². The molecule has 0 aliphatic heterocycles. The van der Waals surface area contributed by atoms with Crippen molar-refractivity contribution < 1.29 is 0 Å². The molecule has 0 saturated heterocycles. The van der Waals surface area contributed by atoms with Gasteiger partial charge in [0.25, 0.3) is 5.56 Å². The molecular weight excluding hydrogens is 146 g/mol. The van der Waals surface area contributed by atoms with Crippen molar-refractivity contribution in [1.29, 1.82) is 0 Å². The molecule has 2 heterocycles. The molecule has 0 fully saturated rings. The van der Waals surface area contributed by atoms with Crippen molar-refractivity contribution in [2.45, 2.75) is 6.92 Å². The van der Waals surface area contributed by atoms with Crippen LogP contribution in [0.3, 0.4) is 0 Å². The van der Waals surface area contributed by atoms with Gasteiger partial charge in [0.15, 0.2) is 5.52 Å². The number of aryl methyl sites for hydroxylation is 1. The Kier molecular flexibility index (Phi) is 1.03. The molecule has 0 atom stereocenters. The summed E-state index contributed by atoms with van der Waals surface area (Å²) in [5.41, 5.74) is 1.17. The Morgan fingerprint density at radius 3 is 2.64 bits per heavy atom. The summed E-state index contributed by atoms with van der Waals surface area (Å²) in [6.45, 7) is 1.75. The van der Waals surface area contributed by atoms with Crippen LogP contribution in [-0.4, -0.2) is 25.6 Å². The highest BCUT2D eigenvalue weighted by atomic mass is 16.1. The third-order valence-corrected chi connectivity index (χ3v) is 1.43. The Morgan fingerprint density at radius 2 is 1.91 bits per heavy atom. The normalized spacial score (nSPS) is 10.6. The first-order chi connectivity index (χ1) is 5.29. The second-order valence-corrected chi connectivity index (χ2v) is 2.16. The van der Waals surface area contributed by atoms with Crippen LogP contribution in [0.25, 0.3) is 11.0 Å². The van der Waals surface area contributed by atoms with Crippen molar-refractivity contribution in [2.24, 2.45) is 0 Å². The summed E-state index contributed by atoms with van der Waals surface area (Å²) in [5.74, 6) is 0. The van der Waals surface area contributed by atoms with E-state index in [0.717, 1.165) is 0 Å². The fraction of sp³-hybridized carbons (Fsp3) is 0.200. The summed E-state index contributed by atoms with van der Waals surface area (Å²) in [5, 5.41) is 15.8. The zero-order valence-corrected chi connectivity index (χ0v) is 5.75.